The van der Waals surface area contributed by atoms with Crippen molar-refractivity contribution in [3.8, 4) is 0 Å². The van der Waals surface area contributed by atoms with Crippen molar-refractivity contribution in [2.75, 3.05) is 45.8 Å². The van der Waals surface area contributed by atoms with Gasteiger partial charge in [0.1, 0.15) is 0 Å². The molecular formula is C20H30ClN3O2. The number of nitrogens with zero attached hydrogens (tertiary/aromatic N) is 3. The quantitative estimate of drug-likeness (QED) is 0.697. The molecule has 26 heavy (non-hydrogen) atoms. The lowest BCUT2D eigenvalue weighted by molar-refractivity contribution is -0.139. The van der Waals surface area contributed by atoms with Gasteiger partial charge in [-0.1, -0.05) is 43.6 Å². The molecule has 0 unspecified atom stereocenters. The van der Waals surface area contributed by atoms with Gasteiger partial charge < -0.3 is 14.7 Å². The van der Waals surface area contributed by atoms with Crippen LogP contribution in [0, 0.1) is 0 Å². The molecule has 0 bridgehead atoms. The highest BCUT2D eigenvalue weighted by atomic mass is 35.5. The van der Waals surface area contributed by atoms with Crippen molar-refractivity contribution in [1.29, 1.82) is 0 Å². The third kappa shape index (κ3) is 5.99. The molecule has 1 aliphatic heterocycles. The first-order chi connectivity index (χ1) is 12.5. The standard InChI is InChI=1S/C20H30ClN3O2/c1-3-22(4-2)12-11-20(26)24-15-13-23(14-16-24)19(25)10-9-17-7-5-6-8-18(17)21/h5-8H,3-4,9-16H2,1-2H3. The molecule has 2 rings (SSSR count). The molecule has 1 aromatic carbocycles. The number of aryl methyl sites for hydroxylation is 1. The second-order valence-corrected chi connectivity index (χ2v) is 7.04. The van der Waals surface area contributed by atoms with E-state index in [2.05, 4.69) is 18.7 Å². The van der Waals surface area contributed by atoms with E-state index in [0.717, 1.165) is 25.2 Å². The number of amides is 2. The smallest absolute Gasteiger partial charge is 0.223 e. The minimum Gasteiger partial charge on any atom is -0.339 e. The van der Waals surface area contributed by atoms with E-state index >= 15 is 0 Å². The maximum atomic E-state index is 12.4. The van der Waals surface area contributed by atoms with Crippen LogP contribution in [0.2, 0.25) is 5.02 Å². The van der Waals surface area contributed by atoms with Gasteiger partial charge in [0.15, 0.2) is 0 Å². The van der Waals surface area contributed by atoms with E-state index in [9.17, 15) is 9.59 Å². The second kappa shape index (κ2) is 10.5. The van der Waals surface area contributed by atoms with Crippen LogP contribution < -0.4 is 0 Å². The predicted octanol–water partition coefficient (Wildman–Crippen LogP) is 2.68. The van der Waals surface area contributed by atoms with E-state index < -0.39 is 0 Å². The Balaban J connectivity index is 1.72. The third-order valence-electron chi connectivity index (χ3n) is 5.09. The number of carbonyl (C=O) groups is 2. The molecule has 0 N–H and O–H groups in total. The number of hydrogen-bond acceptors (Lipinski definition) is 3. The normalized spacial score (nSPS) is 14.8. The van der Waals surface area contributed by atoms with Crippen LogP contribution in [0.1, 0.15) is 32.3 Å². The summed E-state index contributed by atoms with van der Waals surface area (Å²) in [5.74, 6) is 0.334. The zero-order chi connectivity index (χ0) is 18.9. The van der Waals surface area contributed by atoms with Crippen molar-refractivity contribution >= 4 is 23.4 Å². The molecule has 2 amide bonds. The van der Waals surface area contributed by atoms with E-state index in [1.807, 2.05) is 34.1 Å². The summed E-state index contributed by atoms with van der Waals surface area (Å²) < 4.78 is 0. The lowest BCUT2D eigenvalue weighted by Crippen LogP contribution is -2.51. The van der Waals surface area contributed by atoms with Crippen LogP contribution in [-0.2, 0) is 16.0 Å². The number of piperazine rings is 1. The van der Waals surface area contributed by atoms with Crippen LogP contribution in [0.4, 0.5) is 0 Å². The van der Waals surface area contributed by atoms with Gasteiger partial charge in [0, 0.05) is 50.6 Å². The fourth-order valence-corrected chi connectivity index (χ4v) is 3.49. The molecule has 0 spiro atoms. The minimum absolute atomic E-state index is 0.139. The summed E-state index contributed by atoms with van der Waals surface area (Å²) in [6.07, 6.45) is 1.67. The van der Waals surface area contributed by atoms with Crippen LogP contribution in [0.3, 0.4) is 0 Å². The maximum absolute atomic E-state index is 12.4. The molecule has 144 valence electrons. The zero-order valence-electron chi connectivity index (χ0n) is 15.9. The van der Waals surface area contributed by atoms with Crippen molar-refractivity contribution in [2.45, 2.75) is 33.1 Å². The highest BCUT2D eigenvalue weighted by Gasteiger charge is 2.24. The Kier molecular flexibility index (Phi) is 8.39. The molecule has 5 nitrogen and oxygen atoms in total. The van der Waals surface area contributed by atoms with Gasteiger partial charge in [-0.2, -0.15) is 0 Å². The van der Waals surface area contributed by atoms with Gasteiger partial charge in [-0.25, -0.2) is 0 Å². The molecular weight excluding hydrogens is 350 g/mol. The molecule has 0 atom stereocenters. The maximum Gasteiger partial charge on any atom is 0.223 e. The van der Waals surface area contributed by atoms with E-state index in [1.54, 1.807) is 0 Å². The predicted molar refractivity (Wildman–Crippen MR) is 105 cm³/mol. The average molecular weight is 380 g/mol. The van der Waals surface area contributed by atoms with Gasteiger partial charge in [0.05, 0.1) is 0 Å². The molecule has 1 saturated heterocycles. The first kappa shape index (κ1) is 20.7. The summed E-state index contributed by atoms with van der Waals surface area (Å²) in [7, 11) is 0. The van der Waals surface area contributed by atoms with Crippen molar-refractivity contribution in [3.63, 3.8) is 0 Å². The molecule has 6 heteroatoms. The summed E-state index contributed by atoms with van der Waals surface area (Å²) in [6, 6.07) is 7.64. The van der Waals surface area contributed by atoms with Crippen LogP contribution in [-0.4, -0.2) is 72.3 Å². The van der Waals surface area contributed by atoms with Crippen LogP contribution in [0.25, 0.3) is 0 Å². The zero-order valence-corrected chi connectivity index (χ0v) is 16.7. The summed E-state index contributed by atoms with van der Waals surface area (Å²) in [5, 5.41) is 0.712. The van der Waals surface area contributed by atoms with Gasteiger partial charge in [0.25, 0.3) is 0 Å². The molecule has 1 fully saturated rings. The van der Waals surface area contributed by atoms with E-state index in [-0.39, 0.29) is 11.8 Å². The Labute approximate surface area is 161 Å². The summed E-state index contributed by atoms with van der Waals surface area (Å²) in [6.45, 7) is 9.49. The number of hydrogen-bond donors (Lipinski definition) is 0. The Bertz CT molecular complexity index is 596. The monoisotopic (exact) mass is 379 g/mol. The molecule has 0 saturated carbocycles. The summed E-state index contributed by atoms with van der Waals surface area (Å²) >= 11 is 6.15. The van der Waals surface area contributed by atoms with Crippen LogP contribution in [0.5, 0.6) is 0 Å². The van der Waals surface area contributed by atoms with Gasteiger partial charge in [-0.3, -0.25) is 9.59 Å². The largest absolute Gasteiger partial charge is 0.339 e. The Morgan fingerprint density at radius 2 is 1.50 bits per heavy atom. The summed E-state index contributed by atoms with van der Waals surface area (Å²) in [4.78, 5) is 30.8. The highest BCUT2D eigenvalue weighted by Crippen LogP contribution is 2.17. The van der Waals surface area contributed by atoms with E-state index in [4.69, 9.17) is 11.6 Å². The molecule has 1 aliphatic rings. The van der Waals surface area contributed by atoms with Gasteiger partial charge in [-0.05, 0) is 31.1 Å². The van der Waals surface area contributed by atoms with Crippen molar-refractivity contribution < 1.29 is 9.59 Å². The Morgan fingerprint density at radius 1 is 0.962 bits per heavy atom. The van der Waals surface area contributed by atoms with Gasteiger partial charge in [0.2, 0.25) is 11.8 Å². The number of halogens is 1. The first-order valence-corrected chi connectivity index (χ1v) is 9.94. The van der Waals surface area contributed by atoms with Crippen molar-refractivity contribution in [2.24, 2.45) is 0 Å². The Morgan fingerprint density at radius 3 is 2.04 bits per heavy atom. The van der Waals surface area contributed by atoms with Crippen molar-refractivity contribution in [3.05, 3.63) is 34.9 Å². The van der Waals surface area contributed by atoms with Crippen molar-refractivity contribution in [1.82, 2.24) is 14.7 Å². The highest BCUT2D eigenvalue weighted by molar-refractivity contribution is 6.31. The SMILES string of the molecule is CCN(CC)CCC(=O)N1CCN(C(=O)CCc2ccccc2Cl)CC1. The lowest BCUT2D eigenvalue weighted by atomic mass is 10.1. The summed E-state index contributed by atoms with van der Waals surface area (Å²) in [5.41, 5.74) is 1.01. The van der Waals surface area contributed by atoms with Crippen LogP contribution in [0.15, 0.2) is 24.3 Å². The van der Waals surface area contributed by atoms with E-state index in [0.29, 0.717) is 50.5 Å². The molecule has 0 radical (unpaired) electrons. The third-order valence-corrected chi connectivity index (χ3v) is 5.46. The van der Waals surface area contributed by atoms with E-state index in [1.165, 1.54) is 0 Å². The number of rotatable bonds is 8. The first-order valence-electron chi connectivity index (χ1n) is 9.56. The molecule has 0 aromatic heterocycles. The van der Waals surface area contributed by atoms with Gasteiger partial charge in [-0.15, -0.1) is 0 Å². The lowest BCUT2D eigenvalue weighted by Gasteiger charge is -2.35. The fraction of sp³-hybridized carbons (Fsp3) is 0.600. The fourth-order valence-electron chi connectivity index (χ4n) is 3.26. The molecule has 0 aliphatic carbocycles. The topological polar surface area (TPSA) is 43.9 Å². The number of benzene rings is 1. The second-order valence-electron chi connectivity index (χ2n) is 6.63. The molecule has 1 heterocycles. The Hall–Kier alpha value is -1.59. The van der Waals surface area contributed by atoms with Crippen LogP contribution >= 0.6 is 11.6 Å². The average Bonchev–Trinajstić information content (AvgIpc) is 2.68. The molecule has 1 aromatic rings. The number of carbonyl (C=O) groups excluding carboxylic acids is 2. The minimum atomic E-state index is 0.139. The van der Waals surface area contributed by atoms with Gasteiger partial charge >= 0.3 is 0 Å².